The Morgan fingerprint density at radius 1 is 0.467 bits per heavy atom. The zero-order chi connectivity index (χ0) is 41.5. The molecule has 0 unspecified atom stereocenters. The molecule has 0 atom stereocenters. The molecule has 0 bridgehead atoms. The average molecular weight is 876 g/mol. The van der Waals surface area contributed by atoms with E-state index in [2.05, 4.69) is 9.80 Å². The second kappa shape index (κ2) is 29.0. The van der Waals surface area contributed by atoms with Crippen molar-refractivity contribution in [2.24, 2.45) is 0 Å². The quantitative estimate of drug-likeness (QED) is 0.0701. The highest BCUT2D eigenvalue weighted by molar-refractivity contribution is 5.88. The molecule has 2 aliphatic heterocycles. The molecule has 0 N–H and O–H groups in total. The maximum atomic E-state index is 12.9. The second-order valence-electron chi connectivity index (χ2n) is 14.5. The summed E-state index contributed by atoms with van der Waals surface area (Å²) in [6, 6.07) is 7.49. The molecule has 2 fully saturated rings. The molecule has 0 saturated carbocycles. The number of hydrogen-bond acceptors (Lipinski definition) is 10. The Morgan fingerprint density at radius 2 is 0.817 bits per heavy atom. The molecule has 0 aliphatic carbocycles. The van der Waals surface area contributed by atoms with E-state index in [1.165, 1.54) is 38.5 Å². The van der Waals surface area contributed by atoms with E-state index in [0.29, 0.717) is 34.5 Å². The third-order valence-electron chi connectivity index (χ3n) is 10.7. The highest BCUT2D eigenvalue weighted by atomic mass is 35.5. The lowest BCUT2D eigenvalue weighted by molar-refractivity contribution is -0.126. The van der Waals surface area contributed by atoms with Crippen LogP contribution in [0.4, 0.5) is 0 Å². The van der Waals surface area contributed by atoms with Crippen molar-refractivity contribution in [2.75, 3.05) is 108 Å². The summed E-state index contributed by atoms with van der Waals surface area (Å²) in [7, 11) is 9.54. The number of ether oxygens (including phenoxy) is 6. The van der Waals surface area contributed by atoms with Crippen LogP contribution in [0.25, 0.3) is 12.2 Å². The van der Waals surface area contributed by atoms with Gasteiger partial charge in [-0.3, -0.25) is 9.59 Å². The first-order chi connectivity index (χ1) is 28.3. The molecule has 334 valence electrons. The first-order valence-electron chi connectivity index (χ1n) is 20.7. The van der Waals surface area contributed by atoms with Crippen molar-refractivity contribution in [1.82, 2.24) is 19.6 Å². The van der Waals surface area contributed by atoms with Crippen molar-refractivity contribution in [1.29, 1.82) is 0 Å². The summed E-state index contributed by atoms with van der Waals surface area (Å²) in [5, 5.41) is 0. The minimum Gasteiger partial charge on any atom is -0.493 e. The third-order valence-corrected chi connectivity index (χ3v) is 10.7. The number of hydrogen-bond donors (Lipinski definition) is 0. The van der Waals surface area contributed by atoms with Crippen LogP contribution >= 0.6 is 24.8 Å². The van der Waals surface area contributed by atoms with Crippen LogP contribution in [0.1, 0.15) is 62.5 Å². The van der Waals surface area contributed by atoms with Crippen molar-refractivity contribution in [3.05, 3.63) is 71.8 Å². The number of nitrogens with zero attached hydrogens (tertiary/aromatic N) is 4. The molecule has 2 heterocycles. The molecule has 0 aromatic heterocycles. The summed E-state index contributed by atoms with van der Waals surface area (Å²) in [4.78, 5) is 34.8. The first kappa shape index (κ1) is 51.8. The predicted octanol–water partition coefficient (Wildman–Crippen LogP) is 7.83. The summed E-state index contributed by atoms with van der Waals surface area (Å²) in [5.41, 5.74) is 1.78. The van der Waals surface area contributed by atoms with Crippen LogP contribution in [0.15, 0.2) is 60.7 Å². The normalized spacial score (nSPS) is 15.4. The Kier molecular flexibility index (Phi) is 25.0. The lowest BCUT2D eigenvalue weighted by Gasteiger charge is -2.21. The number of carbonyl (C=O) groups excluding carboxylic acids is 2. The Hall–Kier alpha value is -4.36. The lowest BCUT2D eigenvalue weighted by Crippen LogP contribution is -2.34. The van der Waals surface area contributed by atoms with Crippen LogP contribution in [0.3, 0.4) is 0 Å². The molecule has 14 heteroatoms. The van der Waals surface area contributed by atoms with Crippen molar-refractivity contribution in [3.63, 3.8) is 0 Å². The molecule has 2 amide bonds. The van der Waals surface area contributed by atoms with E-state index >= 15 is 0 Å². The molecule has 2 aliphatic rings. The molecule has 0 radical (unpaired) electrons. The van der Waals surface area contributed by atoms with Gasteiger partial charge in [-0.25, -0.2) is 0 Å². The number of halogens is 2. The van der Waals surface area contributed by atoms with Crippen molar-refractivity contribution < 1.29 is 38.0 Å². The smallest absolute Gasteiger partial charge is 0.246 e. The fourth-order valence-electron chi connectivity index (χ4n) is 7.42. The summed E-state index contributed by atoms with van der Waals surface area (Å²) >= 11 is 0. The first-order valence-corrected chi connectivity index (χ1v) is 20.7. The minimum atomic E-state index is 0. The zero-order valence-corrected chi connectivity index (χ0v) is 38.2. The van der Waals surface area contributed by atoms with Gasteiger partial charge in [-0.1, -0.05) is 62.1 Å². The topological polar surface area (TPSA) is 102 Å². The number of methoxy groups -OCH3 is 6. The van der Waals surface area contributed by atoms with E-state index in [0.717, 1.165) is 89.4 Å². The molecule has 0 spiro atoms. The largest absolute Gasteiger partial charge is 0.493 e. The van der Waals surface area contributed by atoms with E-state index in [1.54, 1.807) is 67.0 Å². The summed E-state index contributed by atoms with van der Waals surface area (Å²) in [5.74, 6) is 3.56. The molecule has 4 rings (SSSR count). The monoisotopic (exact) mass is 874 g/mol. The van der Waals surface area contributed by atoms with Gasteiger partial charge < -0.3 is 48.0 Å². The van der Waals surface area contributed by atoms with Crippen LogP contribution in [-0.2, 0) is 9.59 Å². The highest BCUT2D eigenvalue weighted by Crippen LogP contribution is 2.39. The third kappa shape index (κ3) is 16.6. The fraction of sp³-hybridized carbons (Fsp3) is 0.522. The van der Waals surface area contributed by atoms with Gasteiger partial charge in [0.15, 0.2) is 23.0 Å². The van der Waals surface area contributed by atoms with Gasteiger partial charge in [0.25, 0.3) is 0 Å². The average Bonchev–Trinajstić information content (AvgIpc) is 3.65. The Morgan fingerprint density at radius 3 is 1.15 bits per heavy atom. The summed E-state index contributed by atoms with van der Waals surface area (Å²) < 4.78 is 32.5. The Labute approximate surface area is 370 Å². The van der Waals surface area contributed by atoms with Gasteiger partial charge in [0.05, 0.1) is 42.7 Å². The number of benzene rings is 2. The lowest BCUT2D eigenvalue weighted by atomic mass is 10.1. The Balaban J connectivity index is 0.00000620. The van der Waals surface area contributed by atoms with E-state index in [-0.39, 0.29) is 36.6 Å². The highest BCUT2D eigenvalue weighted by Gasteiger charge is 2.19. The van der Waals surface area contributed by atoms with Crippen molar-refractivity contribution >= 4 is 48.8 Å². The summed E-state index contributed by atoms with van der Waals surface area (Å²) in [6.45, 7) is 9.20. The number of carbonyl (C=O) groups is 2. The van der Waals surface area contributed by atoms with Gasteiger partial charge >= 0.3 is 0 Å². The SMILES string of the molecule is COc1cc(C=CC=CC(=O)N2CCCN(CCCCCCCCN3CCCN(C(=O)C=CC=Cc4cc(OC)c(OC)c(OC)c4)CC3)CC2)cc(OC)c1OC.Cl.Cl. The minimum absolute atomic E-state index is 0. The maximum absolute atomic E-state index is 12.9. The maximum Gasteiger partial charge on any atom is 0.246 e. The number of allylic oxidation sites excluding steroid dienone is 4. The standard InChI is InChI=1S/C46H66N4O8.2ClH/c1-53-39-33-37(34-40(54-2)45(39)57-5)19-11-13-21-43(51)49-27-17-25-47(29-31-49)23-15-9-7-8-10-16-24-48-26-18-28-50(32-30-48)44(52)22-14-12-20-38-35-41(55-3)46(58-6)42(36-38)56-4;;/h11-14,19-22,33-36H,7-10,15-18,23-32H2,1-6H3;2*1H. The van der Waals surface area contributed by atoms with Gasteiger partial charge in [-0.2, -0.15) is 0 Å². The van der Waals surface area contributed by atoms with E-state index in [1.807, 2.05) is 58.4 Å². The van der Waals surface area contributed by atoms with Crippen molar-refractivity contribution in [3.8, 4) is 34.5 Å². The van der Waals surface area contributed by atoms with Crippen LogP contribution in [0.2, 0.25) is 0 Å². The van der Waals surface area contributed by atoms with Crippen LogP contribution < -0.4 is 28.4 Å². The fourth-order valence-corrected chi connectivity index (χ4v) is 7.42. The van der Waals surface area contributed by atoms with Crippen LogP contribution in [0, 0.1) is 0 Å². The van der Waals surface area contributed by atoms with E-state index < -0.39 is 0 Å². The molecule has 2 saturated heterocycles. The molecule has 2 aromatic rings. The van der Waals surface area contributed by atoms with E-state index in [4.69, 9.17) is 28.4 Å². The number of unbranched alkanes of at least 4 members (excludes halogenated alkanes) is 5. The molecular formula is C46H68Cl2N4O8. The molecule has 12 nitrogen and oxygen atoms in total. The van der Waals surface area contributed by atoms with Crippen molar-refractivity contribution in [2.45, 2.75) is 51.4 Å². The van der Waals surface area contributed by atoms with Gasteiger partial charge in [0, 0.05) is 51.4 Å². The van der Waals surface area contributed by atoms with Gasteiger partial charge in [-0.15, -0.1) is 24.8 Å². The Bertz CT molecular complexity index is 1550. The number of amides is 2. The molecule has 2 aromatic carbocycles. The summed E-state index contributed by atoms with van der Waals surface area (Å²) in [6.07, 6.45) is 23.8. The second-order valence-corrected chi connectivity index (χ2v) is 14.5. The van der Waals surface area contributed by atoms with Crippen LogP contribution in [-0.4, -0.2) is 140 Å². The number of rotatable bonds is 21. The van der Waals surface area contributed by atoms with Gasteiger partial charge in [-0.05, 0) is 87.3 Å². The molecular weight excluding hydrogens is 807 g/mol. The van der Waals surface area contributed by atoms with Gasteiger partial charge in [0.1, 0.15) is 0 Å². The van der Waals surface area contributed by atoms with E-state index in [9.17, 15) is 9.59 Å². The van der Waals surface area contributed by atoms with Gasteiger partial charge in [0.2, 0.25) is 23.3 Å². The predicted molar refractivity (Wildman–Crippen MR) is 246 cm³/mol. The molecule has 60 heavy (non-hydrogen) atoms. The zero-order valence-electron chi connectivity index (χ0n) is 36.5. The van der Waals surface area contributed by atoms with Crippen LogP contribution in [0.5, 0.6) is 34.5 Å².